The van der Waals surface area contributed by atoms with Gasteiger partial charge in [0.05, 0.1) is 0 Å². The first-order valence-corrected chi connectivity index (χ1v) is 13.9. The average Bonchev–Trinajstić information content (AvgIpc) is 2.89. The van der Waals surface area contributed by atoms with E-state index in [1.54, 1.807) is 19.1 Å². The fourth-order valence-corrected chi connectivity index (χ4v) is 3.99. The normalized spacial score (nSPS) is 12.3. The molecule has 0 fully saturated rings. The van der Waals surface area contributed by atoms with Crippen molar-refractivity contribution in [1.82, 2.24) is 0 Å². The van der Waals surface area contributed by atoms with Crippen molar-refractivity contribution in [3.05, 3.63) is 83.0 Å². The van der Waals surface area contributed by atoms with E-state index in [1.165, 1.54) is 69.9 Å². The summed E-state index contributed by atoms with van der Waals surface area (Å²) in [5.74, 6) is -2.91. The SMILES string of the molecule is CCCCCCCCCCCCN(C)c1ccc(C=CC(C)=CC=CC=C(C)C=C(C(=O)O)C(=O)O)cc1. The molecule has 0 bridgehead atoms. The van der Waals surface area contributed by atoms with E-state index in [0.717, 1.165) is 23.8 Å². The zero-order chi connectivity index (χ0) is 28.2. The molecule has 0 unspecified atom stereocenters. The number of anilines is 1. The van der Waals surface area contributed by atoms with E-state index in [0.29, 0.717) is 5.57 Å². The number of unbranched alkanes of at least 4 members (excludes halogenated alkanes) is 9. The maximum absolute atomic E-state index is 10.9. The number of aliphatic carboxylic acids is 2. The smallest absolute Gasteiger partial charge is 0.343 e. The Morgan fingerprint density at radius 3 is 1.79 bits per heavy atom. The Kier molecular flexibility index (Phi) is 17.0. The summed E-state index contributed by atoms with van der Waals surface area (Å²) < 4.78 is 0. The van der Waals surface area contributed by atoms with Gasteiger partial charge < -0.3 is 15.1 Å². The van der Waals surface area contributed by atoms with Crippen molar-refractivity contribution in [2.45, 2.75) is 85.0 Å². The molecule has 0 radical (unpaired) electrons. The fourth-order valence-electron chi connectivity index (χ4n) is 3.99. The summed E-state index contributed by atoms with van der Waals surface area (Å²) in [6, 6.07) is 8.59. The zero-order valence-electron chi connectivity index (χ0n) is 23.8. The molecule has 208 valence electrons. The van der Waals surface area contributed by atoms with Gasteiger partial charge in [-0.15, -0.1) is 0 Å². The first kappa shape index (κ1) is 32.7. The molecule has 0 aliphatic carbocycles. The van der Waals surface area contributed by atoms with E-state index >= 15 is 0 Å². The number of benzene rings is 1. The minimum absolute atomic E-state index is 0.542. The second-order valence-electron chi connectivity index (χ2n) is 9.90. The van der Waals surface area contributed by atoms with Crippen molar-refractivity contribution in [1.29, 1.82) is 0 Å². The summed E-state index contributed by atoms with van der Waals surface area (Å²) in [7, 11) is 2.16. The molecular weight excluding hydrogens is 474 g/mol. The van der Waals surface area contributed by atoms with E-state index in [9.17, 15) is 9.59 Å². The van der Waals surface area contributed by atoms with Crippen LogP contribution in [0.1, 0.15) is 90.5 Å². The first-order chi connectivity index (χ1) is 18.2. The number of carboxylic acids is 2. The van der Waals surface area contributed by atoms with Gasteiger partial charge in [0, 0.05) is 19.3 Å². The topological polar surface area (TPSA) is 77.8 Å². The number of hydrogen-bond acceptors (Lipinski definition) is 3. The van der Waals surface area contributed by atoms with Gasteiger partial charge in [-0.2, -0.15) is 0 Å². The Morgan fingerprint density at radius 1 is 0.763 bits per heavy atom. The third kappa shape index (κ3) is 15.0. The van der Waals surface area contributed by atoms with Crippen LogP contribution in [0.5, 0.6) is 0 Å². The standard InChI is InChI=1S/C33H47NO4/c1-5-6-7-8-9-10-11-12-13-16-25-34(4)30-23-21-29(22-24-30)20-19-27(2)17-14-15-18-28(3)26-31(32(35)36)33(37)38/h14-15,17-24,26H,5-13,16,25H2,1-4H3,(H,35,36)(H,37,38). The highest BCUT2D eigenvalue weighted by atomic mass is 16.4. The molecule has 0 spiro atoms. The van der Waals surface area contributed by atoms with Crippen LogP contribution in [0.3, 0.4) is 0 Å². The van der Waals surface area contributed by atoms with Crippen molar-refractivity contribution >= 4 is 23.7 Å². The van der Waals surface area contributed by atoms with E-state index < -0.39 is 17.5 Å². The third-order valence-electron chi connectivity index (χ3n) is 6.38. The van der Waals surface area contributed by atoms with Gasteiger partial charge in [-0.3, -0.25) is 0 Å². The minimum Gasteiger partial charge on any atom is -0.477 e. The van der Waals surface area contributed by atoms with Crippen molar-refractivity contribution in [3.63, 3.8) is 0 Å². The quantitative estimate of drug-likeness (QED) is 0.0626. The number of carbonyl (C=O) groups is 2. The lowest BCUT2D eigenvalue weighted by Crippen LogP contribution is -2.18. The predicted octanol–water partition coefficient (Wildman–Crippen LogP) is 8.60. The lowest BCUT2D eigenvalue weighted by atomic mass is 10.1. The van der Waals surface area contributed by atoms with Gasteiger partial charge >= 0.3 is 11.9 Å². The monoisotopic (exact) mass is 521 g/mol. The van der Waals surface area contributed by atoms with E-state index in [1.807, 2.05) is 25.2 Å². The van der Waals surface area contributed by atoms with Crippen LogP contribution in [0.2, 0.25) is 0 Å². The Morgan fingerprint density at radius 2 is 1.26 bits per heavy atom. The Balaban J connectivity index is 2.43. The van der Waals surface area contributed by atoms with Gasteiger partial charge in [-0.05, 0) is 44.0 Å². The number of nitrogens with zero attached hydrogens (tertiary/aromatic N) is 1. The highest BCUT2D eigenvalue weighted by Gasteiger charge is 2.15. The summed E-state index contributed by atoms with van der Waals surface area (Å²) in [4.78, 5) is 24.2. The molecule has 0 aliphatic rings. The lowest BCUT2D eigenvalue weighted by molar-refractivity contribution is -0.140. The van der Waals surface area contributed by atoms with Crippen LogP contribution in [0.4, 0.5) is 5.69 Å². The summed E-state index contributed by atoms with van der Waals surface area (Å²) in [6.45, 7) is 7.00. The molecule has 0 aliphatic heterocycles. The fraction of sp³-hybridized carbons (Fsp3) is 0.455. The third-order valence-corrected chi connectivity index (χ3v) is 6.38. The van der Waals surface area contributed by atoms with Gasteiger partial charge in [-0.1, -0.05) is 124 Å². The Labute approximate surface area is 230 Å². The van der Waals surface area contributed by atoms with Crippen molar-refractivity contribution in [2.24, 2.45) is 0 Å². The maximum atomic E-state index is 10.9. The molecule has 1 aromatic rings. The molecule has 0 atom stereocenters. The van der Waals surface area contributed by atoms with E-state index in [2.05, 4.69) is 49.2 Å². The molecule has 38 heavy (non-hydrogen) atoms. The first-order valence-electron chi connectivity index (χ1n) is 13.9. The largest absolute Gasteiger partial charge is 0.477 e. The van der Waals surface area contributed by atoms with Crippen LogP contribution in [0.15, 0.2) is 77.4 Å². The Bertz CT molecular complexity index is 980. The lowest BCUT2D eigenvalue weighted by Gasteiger charge is -2.19. The highest BCUT2D eigenvalue weighted by molar-refractivity contribution is 6.12. The van der Waals surface area contributed by atoms with Gasteiger partial charge in [0.2, 0.25) is 0 Å². The molecule has 0 saturated carbocycles. The number of rotatable bonds is 19. The van der Waals surface area contributed by atoms with Crippen LogP contribution < -0.4 is 4.90 Å². The molecule has 1 aromatic carbocycles. The summed E-state index contributed by atoms with van der Waals surface area (Å²) >= 11 is 0. The molecule has 2 N–H and O–H groups in total. The second-order valence-corrected chi connectivity index (χ2v) is 9.90. The minimum atomic E-state index is -1.45. The van der Waals surface area contributed by atoms with Gasteiger partial charge in [0.25, 0.3) is 0 Å². The molecule has 0 saturated heterocycles. The Hall–Kier alpha value is -3.34. The van der Waals surface area contributed by atoms with Crippen LogP contribution in [0.25, 0.3) is 6.08 Å². The maximum Gasteiger partial charge on any atom is 0.343 e. The number of hydrogen-bond donors (Lipinski definition) is 2. The predicted molar refractivity (Wildman–Crippen MR) is 161 cm³/mol. The van der Waals surface area contributed by atoms with Gasteiger partial charge in [0.15, 0.2) is 0 Å². The number of allylic oxidation sites excluding steroid dienone is 8. The van der Waals surface area contributed by atoms with Crippen LogP contribution in [-0.4, -0.2) is 35.7 Å². The summed E-state index contributed by atoms with van der Waals surface area (Å²) in [5, 5.41) is 17.8. The molecule has 5 nitrogen and oxygen atoms in total. The molecule has 5 heteroatoms. The molecule has 1 rings (SSSR count). The van der Waals surface area contributed by atoms with E-state index in [-0.39, 0.29) is 0 Å². The summed E-state index contributed by atoms with van der Waals surface area (Å²) in [6.07, 6.45) is 26.0. The molecular formula is C33H47NO4. The van der Waals surface area contributed by atoms with Crippen LogP contribution in [-0.2, 0) is 9.59 Å². The van der Waals surface area contributed by atoms with Crippen molar-refractivity contribution < 1.29 is 19.8 Å². The average molecular weight is 522 g/mol. The molecule has 0 amide bonds. The number of carboxylic acid groups (broad SMARTS) is 2. The zero-order valence-corrected chi connectivity index (χ0v) is 23.8. The van der Waals surface area contributed by atoms with Gasteiger partial charge in [-0.25, -0.2) is 9.59 Å². The highest BCUT2D eigenvalue weighted by Crippen LogP contribution is 2.17. The van der Waals surface area contributed by atoms with Crippen LogP contribution in [0, 0.1) is 0 Å². The van der Waals surface area contributed by atoms with Crippen LogP contribution >= 0.6 is 0 Å². The molecule has 0 heterocycles. The second kappa shape index (κ2) is 19.7. The van der Waals surface area contributed by atoms with Crippen molar-refractivity contribution in [3.8, 4) is 0 Å². The molecule has 0 aromatic heterocycles. The van der Waals surface area contributed by atoms with Crippen molar-refractivity contribution in [2.75, 3.05) is 18.5 Å². The summed E-state index contributed by atoms with van der Waals surface area (Å²) in [5.41, 5.74) is 3.31. The van der Waals surface area contributed by atoms with E-state index in [4.69, 9.17) is 10.2 Å². The van der Waals surface area contributed by atoms with Gasteiger partial charge in [0.1, 0.15) is 5.57 Å².